The van der Waals surface area contributed by atoms with Gasteiger partial charge in [-0.25, -0.2) is 0 Å². The van der Waals surface area contributed by atoms with Gasteiger partial charge in [0.05, 0.1) is 0 Å². The second-order valence-corrected chi connectivity index (χ2v) is 15.3. The first kappa shape index (κ1) is 27.5. The maximum Gasteiger partial charge on any atom is 2.00 e. The zero-order chi connectivity index (χ0) is 10.7. The molecule has 0 aliphatic heterocycles. The Morgan fingerprint density at radius 2 is 1.19 bits per heavy atom. The zero-order valence-corrected chi connectivity index (χ0v) is 19.8. The van der Waals surface area contributed by atoms with Crippen molar-refractivity contribution in [2.45, 2.75) is 58.2 Å². The number of hydrogen-bond acceptors (Lipinski definition) is 0. The van der Waals surface area contributed by atoms with E-state index in [1.54, 1.807) is 0 Å². The van der Waals surface area contributed by atoms with Crippen molar-refractivity contribution >= 4 is 61.7 Å². The van der Waals surface area contributed by atoms with E-state index in [9.17, 15) is 0 Å². The average molecular weight is 512 g/mol. The summed E-state index contributed by atoms with van der Waals surface area (Å²) in [6.07, 6.45) is 3.81. The molecule has 0 heterocycles. The summed E-state index contributed by atoms with van der Waals surface area (Å²) in [5.74, 6) is 0. The van der Waals surface area contributed by atoms with Crippen molar-refractivity contribution in [3.8, 4) is 0 Å². The largest absolute Gasteiger partial charge is 2.00 e. The molecule has 0 spiro atoms. The summed E-state index contributed by atoms with van der Waals surface area (Å²) in [4.78, 5) is 0. The predicted molar refractivity (Wildman–Crippen MR) is 76.7 cm³/mol. The number of halogens is 4. The maximum absolute atomic E-state index is 3.85. The topological polar surface area (TPSA) is 0 Å². The molecule has 0 unspecified atom stereocenters. The summed E-state index contributed by atoms with van der Waals surface area (Å²) >= 11 is 7.70. The van der Waals surface area contributed by atoms with Crippen molar-refractivity contribution < 1.29 is 34.0 Å². The van der Waals surface area contributed by atoms with Crippen LogP contribution in [0.15, 0.2) is 0 Å². The van der Waals surface area contributed by atoms with Gasteiger partial charge in [-0.1, -0.05) is 53.9 Å². The van der Waals surface area contributed by atoms with Crippen molar-refractivity contribution in [3.63, 3.8) is 0 Å². The quantitative estimate of drug-likeness (QED) is 0.411. The van der Waals surface area contributed by atoms with Gasteiger partial charge in [-0.2, -0.15) is 28.1 Å². The van der Waals surface area contributed by atoms with Crippen LogP contribution >= 0.6 is 28.1 Å². The Morgan fingerprint density at radius 1 is 0.875 bits per heavy atom. The van der Waals surface area contributed by atoms with Crippen LogP contribution < -0.4 is 34.0 Å². The molecule has 0 amide bonds. The first-order valence-electron chi connectivity index (χ1n) is 5.16. The van der Waals surface area contributed by atoms with Crippen LogP contribution in [-0.4, -0.2) is 33.5 Å². The number of rotatable bonds is 5. The summed E-state index contributed by atoms with van der Waals surface area (Å²) in [6, 6.07) is 0. The van der Waals surface area contributed by atoms with Gasteiger partial charge in [-0.15, -0.1) is 0 Å². The Kier molecular flexibility index (Phi) is 20.7. The van der Waals surface area contributed by atoms with Crippen LogP contribution in [0.4, 0.5) is 0 Å². The summed E-state index contributed by atoms with van der Waals surface area (Å²) < 4.78 is 0.502. The van der Waals surface area contributed by atoms with Gasteiger partial charge in [-0.05, 0) is 9.69 Å². The molecule has 16 heavy (non-hydrogen) atoms. The fourth-order valence-electron chi connectivity index (χ4n) is 2.16. The standard InChI is InChI=1S/C10H21.Al.4BrH.Mg/c1-6-9(7-2)10(4,5)8-3;;;;;;/h6-8H2,1-5H3;;4*1H;/q;+2;;;;;+2/p-4. The molecular weight excluding hydrogens is 491 g/mol. The fraction of sp³-hybridized carbons (Fsp3) is 1.00. The molecule has 0 aromatic carbocycles. The SMILES string of the molecule is CCC(C)(C)[C](CC)(CC)[Al]([Br])[Br].[Br-].[Br-].[Mg+2]. The van der Waals surface area contributed by atoms with Gasteiger partial charge >= 0.3 is 33.5 Å². The maximum atomic E-state index is 3.85. The molecule has 0 saturated heterocycles. The minimum absolute atomic E-state index is 0. The van der Waals surface area contributed by atoms with Crippen molar-refractivity contribution in [2.24, 2.45) is 5.41 Å². The summed E-state index contributed by atoms with van der Waals surface area (Å²) in [6.45, 7) is 11.8. The summed E-state index contributed by atoms with van der Waals surface area (Å²) in [5.41, 5.74) is 0.445. The van der Waals surface area contributed by atoms with Crippen LogP contribution in [-0.2, 0) is 0 Å². The minimum atomic E-state index is -0.939. The van der Waals surface area contributed by atoms with Crippen molar-refractivity contribution in [1.82, 2.24) is 0 Å². The third-order valence-corrected chi connectivity index (χ3v) is 11.6. The molecule has 0 radical (unpaired) electrons. The minimum Gasteiger partial charge on any atom is -1.00 e. The van der Waals surface area contributed by atoms with E-state index in [4.69, 9.17) is 0 Å². The van der Waals surface area contributed by atoms with Gasteiger partial charge in [0, 0.05) is 0 Å². The molecule has 0 rings (SSSR count). The van der Waals surface area contributed by atoms with E-state index < -0.39 is 10.5 Å². The Morgan fingerprint density at radius 3 is 1.25 bits per heavy atom. The van der Waals surface area contributed by atoms with E-state index in [0.717, 1.165) is 0 Å². The molecule has 0 aromatic heterocycles. The third kappa shape index (κ3) is 6.11. The van der Waals surface area contributed by atoms with E-state index >= 15 is 0 Å². The van der Waals surface area contributed by atoms with Crippen molar-refractivity contribution in [1.29, 1.82) is 0 Å². The monoisotopic (exact) mass is 508 g/mol. The van der Waals surface area contributed by atoms with Gasteiger partial charge in [0.1, 0.15) is 0 Å². The first-order valence-corrected chi connectivity index (χ1v) is 12.1. The van der Waals surface area contributed by atoms with Crippen LogP contribution in [0.25, 0.3) is 0 Å². The van der Waals surface area contributed by atoms with Crippen molar-refractivity contribution in [3.05, 3.63) is 0 Å². The Labute approximate surface area is 157 Å². The van der Waals surface area contributed by atoms with Crippen molar-refractivity contribution in [2.75, 3.05) is 0 Å². The molecule has 6 heteroatoms. The van der Waals surface area contributed by atoms with Gasteiger partial charge in [0.15, 0.2) is 0 Å². The molecule has 0 N–H and O–H groups in total. The molecule has 94 valence electrons. The molecule has 0 atom stereocenters. The van der Waals surface area contributed by atoms with E-state index in [2.05, 4.69) is 62.7 Å². The smallest absolute Gasteiger partial charge is 1.00 e. The molecule has 0 aromatic rings. The molecule has 0 fully saturated rings. The van der Waals surface area contributed by atoms with Gasteiger partial charge in [0.25, 0.3) is 0 Å². The van der Waals surface area contributed by atoms with Gasteiger partial charge in [0.2, 0.25) is 0 Å². The molecule has 0 saturated carbocycles. The normalized spacial score (nSPS) is 10.7. The van der Waals surface area contributed by atoms with Crippen LogP contribution in [0, 0.1) is 5.41 Å². The Balaban J connectivity index is -0.000000240. The fourth-order valence-corrected chi connectivity index (χ4v) is 11.2. The second kappa shape index (κ2) is 12.0. The first-order chi connectivity index (χ1) is 5.88. The van der Waals surface area contributed by atoms with Gasteiger partial charge in [-0.3, -0.25) is 0 Å². The van der Waals surface area contributed by atoms with E-state index in [1.807, 2.05) is 0 Å². The third-order valence-electron chi connectivity index (χ3n) is 3.91. The van der Waals surface area contributed by atoms with Crippen LogP contribution in [0.2, 0.25) is 4.28 Å². The average Bonchev–Trinajstić information content (AvgIpc) is 2.06. The second-order valence-electron chi connectivity index (χ2n) is 4.40. The van der Waals surface area contributed by atoms with Crippen LogP contribution in [0.3, 0.4) is 0 Å². The van der Waals surface area contributed by atoms with Crippen LogP contribution in [0.5, 0.6) is 0 Å². The van der Waals surface area contributed by atoms with Gasteiger partial charge < -0.3 is 34.0 Å². The molecule has 0 aliphatic rings. The van der Waals surface area contributed by atoms with E-state index in [0.29, 0.717) is 9.69 Å². The molecule has 0 aliphatic carbocycles. The number of hydrogen-bond donors (Lipinski definition) is 0. The molecule has 0 nitrogen and oxygen atoms in total. The Hall–Kier alpha value is 3.22. The molecular formula is C10H21AlBr4Mg. The zero-order valence-electron chi connectivity index (χ0n) is 10.9. The summed E-state index contributed by atoms with van der Waals surface area (Å²) in [7, 11) is -0.939. The van der Waals surface area contributed by atoms with E-state index in [1.165, 1.54) is 19.3 Å². The predicted octanol–water partition coefficient (Wildman–Crippen LogP) is -1.11. The van der Waals surface area contributed by atoms with Crippen LogP contribution in [0.1, 0.15) is 53.9 Å². The van der Waals surface area contributed by atoms with E-state index in [-0.39, 0.29) is 57.0 Å². The molecule has 0 bridgehead atoms. The summed E-state index contributed by atoms with van der Waals surface area (Å²) in [5, 5.41) is 0. The Bertz CT molecular complexity index is 161.